The van der Waals surface area contributed by atoms with Gasteiger partial charge >= 0.3 is 0 Å². The van der Waals surface area contributed by atoms with Gasteiger partial charge in [-0.25, -0.2) is 4.90 Å². The number of amides is 4. The molecule has 0 spiro atoms. The highest BCUT2D eigenvalue weighted by atomic mass is 79.9. The quantitative estimate of drug-likeness (QED) is 0.171. The van der Waals surface area contributed by atoms with Gasteiger partial charge in [-0.3, -0.25) is 24.1 Å². The van der Waals surface area contributed by atoms with E-state index in [1.165, 1.54) is 9.80 Å². The van der Waals surface area contributed by atoms with Crippen molar-refractivity contribution in [3.63, 3.8) is 0 Å². The molecule has 0 aromatic heterocycles. The number of phenols is 1. The fourth-order valence-electron chi connectivity index (χ4n) is 9.40. The van der Waals surface area contributed by atoms with E-state index in [0.29, 0.717) is 40.6 Å². The van der Waals surface area contributed by atoms with E-state index in [2.05, 4.69) is 15.9 Å². The molecule has 4 aromatic rings. The molecule has 8 nitrogen and oxygen atoms in total. The van der Waals surface area contributed by atoms with Crippen LogP contribution in [0.2, 0.25) is 5.02 Å². The third-order valence-corrected chi connectivity index (χ3v) is 12.2. The van der Waals surface area contributed by atoms with Crippen molar-refractivity contribution in [3.8, 4) is 11.5 Å². The van der Waals surface area contributed by atoms with Gasteiger partial charge in [-0.15, -0.1) is 0 Å². The number of fused-ring (bicyclic) bond motifs is 5. The Morgan fingerprint density at radius 3 is 2.35 bits per heavy atom. The van der Waals surface area contributed by atoms with Gasteiger partial charge in [0.1, 0.15) is 11.5 Å². The van der Waals surface area contributed by atoms with E-state index in [4.69, 9.17) is 16.3 Å². The maximum Gasteiger partial charge on any atom is 0.246 e. The zero-order valence-electron chi connectivity index (χ0n) is 27.0. The number of anilines is 2. The Morgan fingerprint density at radius 2 is 1.59 bits per heavy atom. The summed E-state index contributed by atoms with van der Waals surface area (Å²) < 4.78 is 7.02. The Hall–Kier alpha value is -4.99. The van der Waals surface area contributed by atoms with Crippen LogP contribution in [0.4, 0.5) is 11.4 Å². The lowest BCUT2D eigenvalue weighted by Crippen LogP contribution is -2.55. The molecule has 0 radical (unpaired) electrons. The number of imide groups is 2. The summed E-state index contributed by atoms with van der Waals surface area (Å²) in [6.07, 6.45) is 4.54. The second-order valence-corrected chi connectivity index (χ2v) is 15.2. The summed E-state index contributed by atoms with van der Waals surface area (Å²) in [6, 6.07) is 28.1. The lowest BCUT2D eigenvalue weighted by atomic mass is 9.48. The maximum absolute atomic E-state index is 15.4. The molecule has 2 aliphatic carbocycles. The summed E-state index contributed by atoms with van der Waals surface area (Å²) in [6.45, 7) is 0. The van der Waals surface area contributed by atoms with E-state index in [9.17, 15) is 19.5 Å². The first-order valence-corrected chi connectivity index (χ1v) is 18.1. The number of halogens is 2. The molecule has 9 rings (SSSR count). The predicted molar refractivity (Wildman–Crippen MR) is 194 cm³/mol. The third-order valence-electron chi connectivity index (χ3n) is 11.4. The third kappa shape index (κ3) is 4.64. The minimum atomic E-state index is -1.41. The van der Waals surface area contributed by atoms with Crippen LogP contribution in [-0.4, -0.2) is 28.7 Å². The largest absolute Gasteiger partial charge is 0.508 e. The monoisotopic (exact) mass is 760 g/mol. The zero-order valence-corrected chi connectivity index (χ0v) is 29.4. The number of allylic oxidation sites excluding steroid dienone is 3. The van der Waals surface area contributed by atoms with Crippen LogP contribution in [0, 0.1) is 29.6 Å². The molecule has 10 heteroatoms. The van der Waals surface area contributed by atoms with Crippen molar-refractivity contribution in [2.24, 2.45) is 29.6 Å². The van der Waals surface area contributed by atoms with Crippen LogP contribution in [0.15, 0.2) is 125 Å². The van der Waals surface area contributed by atoms with E-state index in [-0.39, 0.29) is 35.8 Å². The maximum atomic E-state index is 15.4. The number of hydrogen-bond acceptors (Lipinski definition) is 6. The number of carbonyl (C=O) groups is 4. The lowest BCUT2D eigenvalue weighted by molar-refractivity contribution is -0.128. The molecule has 1 saturated carbocycles. The van der Waals surface area contributed by atoms with Crippen molar-refractivity contribution >= 4 is 62.5 Å². The summed E-state index contributed by atoms with van der Waals surface area (Å²) in [4.78, 5) is 61.4. The van der Waals surface area contributed by atoms with Gasteiger partial charge in [0.05, 0.1) is 40.8 Å². The van der Waals surface area contributed by atoms with Crippen molar-refractivity contribution < 1.29 is 29.0 Å². The first kappa shape index (κ1) is 32.0. The van der Waals surface area contributed by atoms with Crippen molar-refractivity contribution in [2.45, 2.75) is 24.7 Å². The van der Waals surface area contributed by atoms with Gasteiger partial charge in [0.25, 0.3) is 0 Å². The highest BCUT2D eigenvalue weighted by molar-refractivity contribution is 9.10. The standard InChI is InChI=1S/C41H30BrClN2O6/c42-25-9-11-27(12-10-25)44-37(47)31-15-14-30-32(35(31)39(44)49)20-33-38(48)45(28-8-4-7-26(43)19-28)40(50)41(33,24-5-2-1-3-6-24)36(30)23-17-22-18-29(46)13-16-34(22)51-21-23/h1-14,16,18-19,21,31-33,35-36,46H,15,17,20H2/t31-,32+,33-,35-,36-,41+/m0/s1. The molecule has 4 aromatic carbocycles. The van der Waals surface area contributed by atoms with E-state index in [0.717, 1.165) is 21.2 Å². The molecule has 51 heavy (non-hydrogen) atoms. The number of ether oxygens (including phenoxy) is 1. The van der Waals surface area contributed by atoms with Gasteiger partial charge in [-0.05, 0) is 90.6 Å². The molecule has 6 atom stereocenters. The van der Waals surface area contributed by atoms with Crippen molar-refractivity contribution in [1.82, 2.24) is 0 Å². The van der Waals surface area contributed by atoms with Crippen molar-refractivity contribution in [2.75, 3.05) is 9.80 Å². The second kappa shape index (κ2) is 11.8. The summed E-state index contributed by atoms with van der Waals surface area (Å²) in [7, 11) is 0. The number of phenolic OH excluding ortho intramolecular Hbond substituents is 1. The van der Waals surface area contributed by atoms with Gasteiger partial charge in [0, 0.05) is 27.4 Å². The number of hydrogen-bond donors (Lipinski definition) is 1. The van der Waals surface area contributed by atoms with Gasteiger partial charge in [0.2, 0.25) is 23.6 Å². The van der Waals surface area contributed by atoms with Crippen molar-refractivity contribution in [1.29, 1.82) is 0 Å². The van der Waals surface area contributed by atoms with E-state index < -0.39 is 35.0 Å². The van der Waals surface area contributed by atoms with Crippen LogP contribution in [0.5, 0.6) is 11.5 Å². The Labute approximate surface area is 307 Å². The number of carbonyl (C=O) groups excluding carboxylic acids is 4. The Balaban J connectivity index is 1.25. The fraction of sp³-hybridized carbons (Fsp3) is 0.220. The average molecular weight is 762 g/mol. The molecule has 4 amide bonds. The topological polar surface area (TPSA) is 104 Å². The second-order valence-electron chi connectivity index (χ2n) is 13.9. The Bertz CT molecular complexity index is 2240. The first-order valence-electron chi connectivity index (χ1n) is 16.9. The fourth-order valence-corrected chi connectivity index (χ4v) is 9.85. The minimum absolute atomic E-state index is 0.0813. The van der Waals surface area contributed by atoms with Crippen molar-refractivity contribution in [3.05, 3.63) is 141 Å². The van der Waals surface area contributed by atoms with Gasteiger partial charge < -0.3 is 9.84 Å². The van der Waals surface area contributed by atoms with E-state index >= 15 is 4.79 Å². The normalized spacial score (nSPS) is 28.0. The molecule has 3 heterocycles. The molecule has 2 saturated heterocycles. The summed E-state index contributed by atoms with van der Waals surface area (Å²) >= 11 is 9.85. The predicted octanol–water partition coefficient (Wildman–Crippen LogP) is 7.53. The molecule has 3 fully saturated rings. The summed E-state index contributed by atoms with van der Waals surface area (Å²) in [5.41, 5.74) is 2.46. The number of aromatic hydroxyl groups is 1. The molecule has 1 N–H and O–H groups in total. The smallest absolute Gasteiger partial charge is 0.246 e. The lowest BCUT2D eigenvalue weighted by Gasteiger charge is -2.51. The van der Waals surface area contributed by atoms with Gasteiger partial charge in [0.15, 0.2) is 0 Å². The summed E-state index contributed by atoms with van der Waals surface area (Å²) in [5, 5.41) is 10.8. The van der Waals surface area contributed by atoms with Gasteiger partial charge in [-0.2, -0.15) is 0 Å². The van der Waals surface area contributed by atoms with Crippen LogP contribution in [0.1, 0.15) is 24.0 Å². The van der Waals surface area contributed by atoms with E-state index in [1.54, 1.807) is 73.0 Å². The van der Waals surface area contributed by atoms with E-state index in [1.807, 2.05) is 36.4 Å². The van der Waals surface area contributed by atoms with Crippen LogP contribution in [0.3, 0.4) is 0 Å². The zero-order chi connectivity index (χ0) is 35.2. The SMILES string of the molecule is O=C1[C@H]2[C@H](CC=C3[C@H](C4=COc5ccc(O)cc5C4)[C@]4(c5ccccc5)C(=O)N(c5cccc(Cl)c5)C(=O)[C@@H]4C[C@H]32)C(=O)N1c1ccc(Br)cc1. The number of rotatable bonds is 4. The average Bonchev–Trinajstić information content (AvgIpc) is 3.52. The molecular formula is C41H30BrClN2O6. The van der Waals surface area contributed by atoms with Crippen LogP contribution in [0.25, 0.3) is 0 Å². The van der Waals surface area contributed by atoms with Crippen LogP contribution >= 0.6 is 27.5 Å². The molecule has 0 bridgehead atoms. The Kier molecular flexibility index (Phi) is 7.38. The molecule has 0 unspecified atom stereocenters. The molecule has 5 aliphatic rings. The Morgan fingerprint density at radius 1 is 0.804 bits per heavy atom. The molecular weight excluding hydrogens is 732 g/mol. The highest BCUT2D eigenvalue weighted by Crippen LogP contribution is 2.64. The first-order chi connectivity index (χ1) is 24.7. The summed E-state index contributed by atoms with van der Waals surface area (Å²) in [5.74, 6) is -4.08. The van der Waals surface area contributed by atoms with Crippen LogP contribution < -0.4 is 14.5 Å². The van der Waals surface area contributed by atoms with Gasteiger partial charge in [-0.1, -0.05) is 75.6 Å². The minimum Gasteiger partial charge on any atom is -0.508 e. The number of nitrogens with zero attached hydrogens (tertiary/aromatic N) is 2. The molecule has 3 aliphatic heterocycles. The highest BCUT2D eigenvalue weighted by Gasteiger charge is 2.70. The van der Waals surface area contributed by atoms with Crippen LogP contribution in [-0.2, 0) is 31.0 Å². The number of benzene rings is 4. The molecule has 254 valence electrons.